The summed E-state index contributed by atoms with van der Waals surface area (Å²) >= 11 is 1.08. The first-order valence-electron chi connectivity index (χ1n) is 8.01. The number of nitrogens with one attached hydrogen (secondary N) is 2. The molecule has 1 aliphatic rings. The highest BCUT2D eigenvalue weighted by molar-refractivity contribution is 8.01. The highest BCUT2D eigenvalue weighted by Crippen LogP contribution is 2.40. The molecule has 5 nitrogen and oxygen atoms in total. The third kappa shape index (κ3) is 4.54. The number of hydrazine groups is 1. The summed E-state index contributed by atoms with van der Waals surface area (Å²) in [5, 5.41) is 3.27. The molecular formula is C18H16F3N3O2S. The number of hydrogen-bond donors (Lipinski definition) is 2. The molecule has 2 N–H and O–H groups in total. The van der Waals surface area contributed by atoms with Crippen LogP contribution in [0.5, 0.6) is 0 Å². The van der Waals surface area contributed by atoms with Crippen LogP contribution in [0.2, 0.25) is 0 Å². The van der Waals surface area contributed by atoms with E-state index in [4.69, 9.17) is 0 Å². The maximum Gasteiger partial charge on any atom is 0.416 e. The zero-order valence-corrected chi connectivity index (χ0v) is 15.0. The second-order valence-corrected chi connectivity index (χ2v) is 7.18. The fraction of sp³-hybridized carbons (Fsp3) is 0.222. The summed E-state index contributed by atoms with van der Waals surface area (Å²) in [6.45, 7) is 0. The summed E-state index contributed by atoms with van der Waals surface area (Å²) in [6.07, 6.45) is -4.59. The minimum Gasteiger partial charge on any atom is -0.324 e. The van der Waals surface area contributed by atoms with Crippen molar-refractivity contribution in [2.24, 2.45) is 0 Å². The fourth-order valence-electron chi connectivity index (χ4n) is 2.58. The molecule has 2 amide bonds. The number of hydrogen-bond acceptors (Lipinski definition) is 4. The van der Waals surface area contributed by atoms with Gasteiger partial charge in [0.25, 0.3) is 0 Å². The lowest BCUT2D eigenvalue weighted by Gasteiger charge is -2.26. The molecule has 0 fully saturated rings. The number of fused-ring (bicyclic) bond motifs is 1. The molecular weight excluding hydrogens is 379 g/mol. The Morgan fingerprint density at radius 3 is 2.59 bits per heavy atom. The number of halogens is 3. The van der Waals surface area contributed by atoms with E-state index in [0.717, 1.165) is 29.6 Å². The SMILES string of the molecule is CN(NC(=O)C[C@@H]1Sc2ccc(C(F)(F)F)cc2NC1=O)c1ccccc1. The van der Waals surface area contributed by atoms with Crippen molar-refractivity contribution in [3.05, 3.63) is 54.1 Å². The molecule has 0 saturated heterocycles. The second kappa shape index (κ2) is 7.51. The van der Waals surface area contributed by atoms with E-state index in [2.05, 4.69) is 10.7 Å². The van der Waals surface area contributed by atoms with Gasteiger partial charge in [-0.3, -0.25) is 20.0 Å². The third-order valence-electron chi connectivity index (χ3n) is 3.93. The van der Waals surface area contributed by atoms with Gasteiger partial charge in [-0.1, -0.05) is 18.2 Å². The van der Waals surface area contributed by atoms with E-state index < -0.39 is 22.9 Å². The van der Waals surface area contributed by atoms with Gasteiger partial charge < -0.3 is 5.32 Å². The van der Waals surface area contributed by atoms with Crippen LogP contribution in [0.3, 0.4) is 0 Å². The van der Waals surface area contributed by atoms with Gasteiger partial charge in [-0.2, -0.15) is 13.2 Å². The highest BCUT2D eigenvalue weighted by Gasteiger charge is 2.34. The van der Waals surface area contributed by atoms with Crippen LogP contribution in [0, 0.1) is 0 Å². The van der Waals surface area contributed by atoms with E-state index in [1.165, 1.54) is 11.1 Å². The standard InChI is InChI=1S/C18H16F3N3O2S/c1-24(12-5-3-2-4-6-12)23-16(25)10-15-17(26)22-13-9-11(18(19,20)21)7-8-14(13)27-15/h2-9,15H,10H2,1H3,(H,22,26)(H,23,25)/t15-/m0/s1. The molecule has 0 aromatic heterocycles. The van der Waals surface area contributed by atoms with Crippen molar-refractivity contribution < 1.29 is 22.8 Å². The van der Waals surface area contributed by atoms with Crippen molar-refractivity contribution in [1.82, 2.24) is 5.43 Å². The number of nitrogens with zero attached hydrogens (tertiary/aromatic N) is 1. The number of anilines is 2. The number of carbonyl (C=O) groups is 2. The maximum atomic E-state index is 12.8. The quantitative estimate of drug-likeness (QED) is 0.776. The van der Waals surface area contributed by atoms with Crippen molar-refractivity contribution in [3.8, 4) is 0 Å². The molecule has 27 heavy (non-hydrogen) atoms. The Morgan fingerprint density at radius 1 is 1.22 bits per heavy atom. The monoisotopic (exact) mass is 395 g/mol. The average Bonchev–Trinajstić information content (AvgIpc) is 2.61. The Morgan fingerprint density at radius 2 is 1.93 bits per heavy atom. The normalized spacial score (nSPS) is 16.3. The van der Waals surface area contributed by atoms with E-state index in [-0.39, 0.29) is 18.0 Å². The third-order valence-corrected chi connectivity index (χ3v) is 5.21. The number of alkyl halides is 3. The summed E-state index contributed by atoms with van der Waals surface area (Å²) in [5.41, 5.74) is 2.72. The second-order valence-electron chi connectivity index (χ2n) is 5.94. The van der Waals surface area contributed by atoms with Crippen molar-refractivity contribution in [2.45, 2.75) is 22.7 Å². The van der Waals surface area contributed by atoms with Crippen molar-refractivity contribution in [3.63, 3.8) is 0 Å². The summed E-state index contributed by atoms with van der Waals surface area (Å²) in [7, 11) is 1.68. The molecule has 1 aliphatic heterocycles. The van der Waals surface area contributed by atoms with Gasteiger partial charge in [0.05, 0.1) is 22.2 Å². The van der Waals surface area contributed by atoms with Crippen LogP contribution in [0.25, 0.3) is 0 Å². The smallest absolute Gasteiger partial charge is 0.324 e. The number of carbonyl (C=O) groups excluding carboxylic acids is 2. The Labute approximate surface area is 157 Å². The first kappa shape index (κ1) is 19.1. The van der Waals surface area contributed by atoms with Gasteiger partial charge in [0.15, 0.2) is 0 Å². The van der Waals surface area contributed by atoms with Crippen molar-refractivity contribution >= 4 is 35.0 Å². The number of rotatable bonds is 4. The van der Waals surface area contributed by atoms with Crippen molar-refractivity contribution in [1.29, 1.82) is 0 Å². The molecule has 9 heteroatoms. The lowest BCUT2D eigenvalue weighted by molar-refractivity contribution is -0.137. The van der Waals surface area contributed by atoms with Crippen molar-refractivity contribution in [2.75, 3.05) is 17.4 Å². The number of thioether (sulfide) groups is 1. The molecule has 3 rings (SSSR count). The van der Waals surface area contributed by atoms with E-state index in [1.807, 2.05) is 30.3 Å². The fourth-order valence-corrected chi connectivity index (χ4v) is 3.67. The summed E-state index contributed by atoms with van der Waals surface area (Å²) in [6, 6.07) is 12.3. The molecule has 1 heterocycles. The minimum absolute atomic E-state index is 0.103. The van der Waals surface area contributed by atoms with Crippen LogP contribution in [-0.2, 0) is 15.8 Å². The molecule has 0 spiro atoms. The molecule has 2 aromatic rings. The number of amides is 2. The Kier molecular flexibility index (Phi) is 5.31. The van der Waals surface area contributed by atoms with E-state index in [9.17, 15) is 22.8 Å². The number of benzene rings is 2. The largest absolute Gasteiger partial charge is 0.416 e. The van der Waals surface area contributed by atoms with E-state index in [1.54, 1.807) is 7.05 Å². The van der Waals surface area contributed by atoms with Gasteiger partial charge in [-0.15, -0.1) is 11.8 Å². The Balaban J connectivity index is 1.65. The highest BCUT2D eigenvalue weighted by atomic mass is 32.2. The van der Waals surface area contributed by atoms with Crippen LogP contribution in [-0.4, -0.2) is 24.1 Å². The minimum atomic E-state index is -4.48. The first-order chi connectivity index (χ1) is 12.7. The molecule has 0 radical (unpaired) electrons. The van der Waals surface area contributed by atoms with Gasteiger partial charge in [0.2, 0.25) is 11.8 Å². The van der Waals surface area contributed by atoms with Crippen LogP contribution < -0.4 is 15.8 Å². The summed E-state index contributed by atoms with van der Waals surface area (Å²) in [5.74, 6) is -0.867. The first-order valence-corrected chi connectivity index (χ1v) is 8.89. The van der Waals surface area contributed by atoms with Gasteiger partial charge >= 0.3 is 6.18 Å². The zero-order valence-electron chi connectivity index (χ0n) is 14.2. The predicted octanol–water partition coefficient (Wildman–Crippen LogP) is 3.68. The topological polar surface area (TPSA) is 61.4 Å². The van der Waals surface area contributed by atoms with Gasteiger partial charge in [0, 0.05) is 18.4 Å². The molecule has 0 saturated carbocycles. The summed E-state index contributed by atoms with van der Waals surface area (Å²) in [4.78, 5) is 24.9. The molecule has 0 unspecified atom stereocenters. The zero-order chi connectivity index (χ0) is 19.6. The van der Waals surface area contributed by atoms with E-state index >= 15 is 0 Å². The molecule has 0 aliphatic carbocycles. The Hall–Kier alpha value is -2.68. The number of para-hydroxylation sites is 1. The lowest BCUT2D eigenvalue weighted by atomic mass is 10.1. The predicted molar refractivity (Wildman–Crippen MR) is 97.3 cm³/mol. The average molecular weight is 395 g/mol. The lowest BCUT2D eigenvalue weighted by Crippen LogP contribution is -2.42. The summed E-state index contributed by atoms with van der Waals surface area (Å²) < 4.78 is 38.4. The van der Waals surface area contributed by atoms with Gasteiger partial charge in [-0.05, 0) is 30.3 Å². The maximum absolute atomic E-state index is 12.8. The van der Waals surface area contributed by atoms with Crippen LogP contribution in [0.1, 0.15) is 12.0 Å². The Bertz CT molecular complexity index is 859. The van der Waals surface area contributed by atoms with Crippen LogP contribution in [0.4, 0.5) is 24.5 Å². The molecule has 0 bridgehead atoms. The molecule has 142 valence electrons. The van der Waals surface area contributed by atoms with Crippen LogP contribution >= 0.6 is 11.8 Å². The van der Waals surface area contributed by atoms with Gasteiger partial charge in [-0.25, -0.2) is 0 Å². The van der Waals surface area contributed by atoms with Crippen LogP contribution in [0.15, 0.2) is 53.4 Å². The van der Waals surface area contributed by atoms with Gasteiger partial charge in [0.1, 0.15) is 0 Å². The molecule has 2 aromatic carbocycles. The molecule has 1 atom stereocenters. The van der Waals surface area contributed by atoms with E-state index in [0.29, 0.717) is 4.90 Å².